The molecule has 3 amide bonds. The van der Waals surface area contributed by atoms with Gasteiger partial charge in [-0.2, -0.15) is 0 Å². The molecule has 0 aliphatic heterocycles. The van der Waals surface area contributed by atoms with Crippen LogP contribution in [0.5, 0.6) is 5.75 Å². The van der Waals surface area contributed by atoms with E-state index in [1.165, 1.54) is 0 Å². The number of amides is 3. The van der Waals surface area contributed by atoms with Gasteiger partial charge in [-0.1, -0.05) is 28.1 Å². The van der Waals surface area contributed by atoms with Crippen LogP contribution in [0.2, 0.25) is 0 Å². The van der Waals surface area contributed by atoms with Crippen LogP contribution in [0.15, 0.2) is 39.3 Å². The first-order valence-electron chi connectivity index (χ1n) is 9.19. The van der Waals surface area contributed by atoms with Crippen molar-refractivity contribution in [2.45, 2.75) is 33.6 Å². The van der Waals surface area contributed by atoms with Crippen molar-refractivity contribution in [1.82, 2.24) is 10.9 Å². The van der Waals surface area contributed by atoms with Crippen molar-refractivity contribution in [3.8, 4) is 5.75 Å². The Morgan fingerprint density at radius 3 is 2.23 bits per heavy atom. The molecule has 0 spiro atoms. The average Bonchev–Trinajstić information content (AvgIpc) is 2.66. The van der Waals surface area contributed by atoms with Gasteiger partial charge < -0.3 is 10.1 Å². The topological polar surface area (TPSA) is 96.5 Å². The molecule has 160 valence electrons. The third kappa shape index (κ3) is 7.46. The van der Waals surface area contributed by atoms with E-state index in [1.807, 2.05) is 51.1 Å². The highest BCUT2D eigenvalue weighted by Gasteiger charge is 2.12. The van der Waals surface area contributed by atoms with E-state index in [9.17, 15) is 14.4 Å². The lowest BCUT2D eigenvalue weighted by molar-refractivity contribution is -0.130. The van der Waals surface area contributed by atoms with E-state index in [4.69, 9.17) is 4.74 Å². The third-order valence-electron chi connectivity index (χ3n) is 4.13. The summed E-state index contributed by atoms with van der Waals surface area (Å²) < 4.78 is 7.10. The molecule has 7 nitrogen and oxygen atoms in total. The summed E-state index contributed by atoms with van der Waals surface area (Å²) in [4.78, 5) is 35.8. The van der Waals surface area contributed by atoms with Gasteiger partial charge >= 0.3 is 0 Å². The fourth-order valence-corrected chi connectivity index (χ4v) is 4.11. The molecule has 3 N–H and O–H groups in total. The zero-order chi connectivity index (χ0) is 22.3. The monoisotopic (exact) mass is 539 g/mol. The molecule has 0 saturated heterocycles. The Labute approximate surface area is 192 Å². The highest BCUT2D eigenvalue weighted by Crippen LogP contribution is 2.32. The van der Waals surface area contributed by atoms with Crippen LogP contribution in [0, 0.1) is 20.8 Å². The minimum absolute atomic E-state index is 0.00335. The van der Waals surface area contributed by atoms with E-state index in [0.29, 0.717) is 10.2 Å². The molecule has 0 radical (unpaired) electrons. The Kier molecular flexibility index (Phi) is 8.86. The van der Waals surface area contributed by atoms with Crippen molar-refractivity contribution in [3.05, 3.63) is 56.0 Å². The molecule has 2 aromatic carbocycles. The maximum Gasteiger partial charge on any atom is 0.276 e. The molecule has 0 unspecified atom stereocenters. The number of anilines is 1. The number of ether oxygens (including phenoxy) is 1. The molecule has 30 heavy (non-hydrogen) atoms. The summed E-state index contributed by atoms with van der Waals surface area (Å²) in [5, 5.41) is 2.79. The minimum atomic E-state index is -0.516. The van der Waals surface area contributed by atoms with E-state index in [2.05, 4.69) is 48.0 Å². The van der Waals surface area contributed by atoms with Crippen LogP contribution in [0.4, 0.5) is 5.69 Å². The predicted molar refractivity (Wildman–Crippen MR) is 122 cm³/mol. The highest BCUT2D eigenvalue weighted by atomic mass is 79.9. The van der Waals surface area contributed by atoms with E-state index in [0.717, 1.165) is 26.9 Å². The second kappa shape index (κ2) is 11.1. The number of benzene rings is 2. The fraction of sp³-hybridized carbons (Fsp3) is 0.286. The van der Waals surface area contributed by atoms with Gasteiger partial charge in [0.25, 0.3) is 5.91 Å². The molecule has 0 saturated carbocycles. The Morgan fingerprint density at radius 1 is 0.867 bits per heavy atom. The van der Waals surface area contributed by atoms with Gasteiger partial charge in [0.15, 0.2) is 6.61 Å². The normalized spacial score (nSPS) is 10.3. The summed E-state index contributed by atoms with van der Waals surface area (Å²) in [5.41, 5.74) is 8.10. The van der Waals surface area contributed by atoms with E-state index < -0.39 is 11.8 Å². The van der Waals surface area contributed by atoms with Gasteiger partial charge in [0.2, 0.25) is 11.8 Å². The van der Waals surface area contributed by atoms with Gasteiger partial charge in [-0.3, -0.25) is 25.2 Å². The summed E-state index contributed by atoms with van der Waals surface area (Å²) in [6.45, 7) is 5.42. The fourth-order valence-electron chi connectivity index (χ4n) is 2.56. The number of nitrogens with one attached hydrogen (secondary N) is 3. The number of hydrazine groups is 1. The maximum absolute atomic E-state index is 12.1. The SMILES string of the molecule is Cc1ccc(C)c(NC(=O)CCC(=O)NNC(=O)COc2c(C)cc(Br)cc2Br)c1. The van der Waals surface area contributed by atoms with E-state index in [1.54, 1.807) is 0 Å². The van der Waals surface area contributed by atoms with Crippen LogP contribution in [0.25, 0.3) is 0 Å². The average molecular weight is 541 g/mol. The van der Waals surface area contributed by atoms with E-state index in [-0.39, 0.29) is 25.4 Å². The predicted octanol–water partition coefficient (Wildman–Crippen LogP) is 4.08. The molecular weight excluding hydrogens is 518 g/mol. The molecule has 9 heteroatoms. The van der Waals surface area contributed by atoms with Crippen molar-refractivity contribution in [2.24, 2.45) is 0 Å². The molecule has 0 fully saturated rings. The summed E-state index contributed by atoms with van der Waals surface area (Å²) in [5.74, 6) is -0.718. The van der Waals surface area contributed by atoms with Crippen LogP contribution < -0.4 is 20.9 Å². The number of aryl methyl sites for hydroxylation is 3. The lowest BCUT2D eigenvalue weighted by atomic mass is 10.1. The Bertz CT molecular complexity index is 940. The van der Waals surface area contributed by atoms with E-state index >= 15 is 0 Å². The first-order chi connectivity index (χ1) is 14.2. The summed E-state index contributed by atoms with van der Waals surface area (Å²) in [6, 6.07) is 9.43. The number of carbonyl (C=O) groups is 3. The van der Waals surface area contributed by atoms with Crippen LogP contribution in [0.1, 0.15) is 29.5 Å². The quantitative estimate of drug-likeness (QED) is 0.461. The molecule has 0 heterocycles. The lowest BCUT2D eigenvalue weighted by Crippen LogP contribution is -2.44. The van der Waals surface area contributed by atoms with Crippen LogP contribution in [-0.4, -0.2) is 24.3 Å². The van der Waals surface area contributed by atoms with Gasteiger partial charge in [0.1, 0.15) is 5.75 Å². The molecule has 0 aliphatic rings. The van der Waals surface area contributed by atoms with Crippen molar-refractivity contribution < 1.29 is 19.1 Å². The number of rotatable bonds is 7. The molecule has 2 rings (SSSR count). The molecular formula is C21H23Br2N3O4. The lowest BCUT2D eigenvalue weighted by Gasteiger charge is -2.12. The third-order valence-corrected chi connectivity index (χ3v) is 5.18. The first-order valence-corrected chi connectivity index (χ1v) is 10.8. The number of hydrogen-bond donors (Lipinski definition) is 3. The number of carbonyl (C=O) groups excluding carboxylic acids is 3. The summed E-state index contributed by atoms with van der Waals surface area (Å²) in [6.07, 6.45) is -0.0637. The Morgan fingerprint density at radius 2 is 1.53 bits per heavy atom. The van der Waals surface area contributed by atoms with Crippen LogP contribution in [0.3, 0.4) is 0 Å². The maximum atomic E-state index is 12.1. The minimum Gasteiger partial charge on any atom is -0.482 e. The van der Waals surface area contributed by atoms with Crippen molar-refractivity contribution in [1.29, 1.82) is 0 Å². The second-order valence-corrected chi connectivity index (χ2v) is 8.56. The molecule has 0 bridgehead atoms. The highest BCUT2D eigenvalue weighted by molar-refractivity contribution is 9.11. The summed E-state index contributed by atoms with van der Waals surface area (Å²) in [7, 11) is 0. The first kappa shape index (κ1) is 23.9. The summed E-state index contributed by atoms with van der Waals surface area (Å²) >= 11 is 6.76. The van der Waals surface area contributed by atoms with Crippen molar-refractivity contribution >= 4 is 55.3 Å². The molecule has 0 aromatic heterocycles. The number of halogens is 2. The van der Waals surface area contributed by atoms with Crippen molar-refractivity contribution in [2.75, 3.05) is 11.9 Å². The zero-order valence-corrected chi connectivity index (χ0v) is 20.1. The largest absolute Gasteiger partial charge is 0.482 e. The standard InChI is InChI=1S/C21H23Br2N3O4/c1-12-4-5-13(2)17(8-12)24-18(27)6-7-19(28)25-26-20(29)11-30-21-14(3)9-15(22)10-16(21)23/h4-5,8-10H,6-7,11H2,1-3H3,(H,24,27)(H,25,28)(H,26,29). The molecule has 2 aromatic rings. The van der Waals surface area contributed by atoms with Gasteiger partial charge in [0.05, 0.1) is 4.47 Å². The van der Waals surface area contributed by atoms with Crippen LogP contribution >= 0.6 is 31.9 Å². The molecule has 0 atom stereocenters. The number of hydrogen-bond acceptors (Lipinski definition) is 4. The van der Waals surface area contributed by atoms with Gasteiger partial charge in [-0.15, -0.1) is 0 Å². The Hall–Kier alpha value is -2.39. The smallest absolute Gasteiger partial charge is 0.276 e. The van der Waals surface area contributed by atoms with Crippen LogP contribution in [-0.2, 0) is 14.4 Å². The second-order valence-electron chi connectivity index (χ2n) is 6.79. The molecule has 0 aliphatic carbocycles. The Balaban J connectivity index is 1.72. The van der Waals surface area contributed by atoms with Gasteiger partial charge in [0, 0.05) is 23.0 Å². The van der Waals surface area contributed by atoms with Gasteiger partial charge in [-0.05, 0) is 71.6 Å². The van der Waals surface area contributed by atoms with Crippen molar-refractivity contribution in [3.63, 3.8) is 0 Å². The van der Waals surface area contributed by atoms with Gasteiger partial charge in [-0.25, -0.2) is 0 Å². The zero-order valence-electron chi connectivity index (χ0n) is 16.9.